The van der Waals surface area contributed by atoms with Crippen molar-refractivity contribution < 1.29 is 9.31 Å². The highest BCUT2D eigenvalue weighted by Crippen LogP contribution is 2.20. The summed E-state index contributed by atoms with van der Waals surface area (Å²) in [5.74, 6) is -0.484. The fraction of sp³-hybridized carbons (Fsp3) is 0.0769. The molecule has 0 aromatic heterocycles. The Bertz CT molecular complexity index is 619. The van der Waals surface area contributed by atoms with Crippen molar-refractivity contribution >= 4 is 23.0 Å². The fourth-order valence-corrected chi connectivity index (χ4v) is 1.77. The molecule has 0 radical (unpaired) electrons. The zero-order valence-corrected chi connectivity index (χ0v) is 10.5. The van der Waals surface area contributed by atoms with E-state index < -0.39 is 10.7 Å². The van der Waals surface area contributed by atoms with Crippen LogP contribution < -0.4 is 5.32 Å². The van der Waals surface area contributed by atoms with Gasteiger partial charge in [-0.2, -0.15) is 0 Å². The van der Waals surface area contributed by atoms with E-state index in [2.05, 4.69) is 5.32 Å². The Morgan fingerprint density at radius 1 is 1.26 bits per heavy atom. The van der Waals surface area contributed by atoms with E-state index in [1.807, 2.05) is 0 Å². The summed E-state index contributed by atoms with van der Waals surface area (Å²) in [4.78, 5) is 10.2. The van der Waals surface area contributed by atoms with Gasteiger partial charge in [0, 0.05) is 24.4 Å². The maximum absolute atomic E-state index is 13.0. The first-order valence-electron chi connectivity index (χ1n) is 5.48. The van der Waals surface area contributed by atoms with Gasteiger partial charge in [0.25, 0.3) is 5.69 Å². The summed E-state index contributed by atoms with van der Waals surface area (Å²) in [7, 11) is 0. The predicted octanol–water partition coefficient (Wildman–Crippen LogP) is 4.00. The second-order valence-electron chi connectivity index (χ2n) is 3.91. The summed E-state index contributed by atoms with van der Waals surface area (Å²) in [5.41, 5.74) is 1.45. The Kier molecular flexibility index (Phi) is 3.97. The summed E-state index contributed by atoms with van der Waals surface area (Å²) in [5, 5.41) is 13.7. The minimum absolute atomic E-state index is 0.0315. The second-order valence-corrected chi connectivity index (χ2v) is 4.32. The number of non-ortho nitro benzene ring substituents is 1. The van der Waals surface area contributed by atoms with Gasteiger partial charge in [-0.25, -0.2) is 4.39 Å². The summed E-state index contributed by atoms with van der Waals surface area (Å²) in [6.45, 7) is 0.393. The number of rotatable bonds is 4. The van der Waals surface area contributed by atoms with Gasteiger partial charge >= 0.3 is 0 Å². The third kappa shape index (κ3) is 3.42. The molecule has 2 aromatic carbocycles. The third-order valence-electron chi connectivity index (χ3n) is 2.54. The third-order valence-corrected chi connectivity index (χ3v) is 2.83. The van der Waals surface area contributed by atoms with Gasteiger partial charge in [-0.1, -0.05) is 23.7 Å². The molecule has 0 amide bonds. The molecule has 0 bridgehead atoms. The molecule has 0 spiro atoms. The number of nitrogens with one attached hydrogen (secondary N) is 1. The van der Waals surface area contributed by atoms with Crippen LogP contribution in [0.15, 0.2) is 42.5 Å². The van der Waals surface area contributed by atoms with E-state index in [0.29, 0.717) is 12.2 Å². The largest absolute Gasteiger partial charge is 0.381 e. The van der Waals surface area contributed by atoms with Crippen LogP contribution in [-0.4, -0.2) is 4.92 Å². The smallest absolute Gasteiger partial charge is 0.269 e. The summed E-state index contributed by atoms with van der Waals surface area (Å²) < 4.78 is 13.0. The number of hydrogen-bond acceptors (Lipinski definition) is 3. The quantitative estimate of drug-likeness (QED) is 0.680. The number of anilines is 1. The van der Waals surface area contributed by atoms with Gasteiger partial charge in [0.05, 0.1) is 9.95 Å². The molecule has 0 fully saturated rings. The lowest BCUT2D eigenvalue weighted by atomic mass is 10.2. The molecule has 0 saturated heterocycles. The SMILES string of the molecule is O=[N+]([O-])c1cccc(CNc2ccc(F)c(Cl)c2)c1. The molecule has 19 heavy (non-hydrogen) atoms. The Hall–Kier alpha value is -2.14. The average molecular weight is 281 g/mol. The molecule has 2 aromatic rings. The van der Waals surface area contributed by atoms with Crippen LogP contribution in [0.4, 0.5) is 15.8 Å². The van der Waals surface area contributed by atoms with Crippen molar-refractivity contribution in [2.75, 3.05) is 5.32 Å². The van der Waals surface area contributed by atoms with Gasteiger partial charge in [-0.15, -0.1) is 0 Å². The maximum Gasteiger partial charge on any atom is 0.269 e. The molecular weight excluding hydrogens is 271 g/mol. The number of nitro benzene ring substituents is 1. The number of nitro groups is 1. The monoisotopic (exact) mass is 280 g/mol. The van der Waals surface area contributed by atoms with Crippen molar-refractivity contribution in [3.05, 3.63) is 69.0 Å². The Balaban J connectivity index is 2.07. The van der Waals surface area contributed by atoms with Crippen molar-refractivity contribution in [3.63, 3.8) is 0 Å². The first-order chi connectivity index (χ1) is 9.06. The van der Waals surface area contributed by atoms with E-state index in [9.17, 15) is 14.5 Å². The van der Waals surface area contributed by atoms with E-state index in [1.165, 1.54) is 24.3 Å². The van der Waals surface area contributed by atoms with Crippen molar-refractivity contribution in [2.24, 2.45) is 0 Å². The van der Waals surface area contributed by atoms with E-state index in [-0.39, 0.29) is 10.7 Å². The Morgan fingerprint density at radius 2 is 2.05 bits per heavy atom. The fourth-order valence-electron chi connectivity index (χ4n) is 1.59. The maximum atomic E-state index is 13.0. The highest BCUT2D eigenvalue weighted by atomic mass is 35.5. The Labute approximate surface area is 114 Å². The molecule has 0 heterocycles. The number of hydrogen-bond donors (Lipinski definition) is 1. The molecule has 0 saturated carbocycles. The van der Waals surface area contributed by atoms with Crippen LogP contribution >= 0.6 is 11.6 Å². The standard InChI is InChI=1S/C13H10ClFN2O2/c14-12-7-10(4-5-13(12)15)16-8-9-2-1-3-11(6-9)17(18)19/h1-7,16H,8H2. The topological polar surface area (TPSA) is 55.2 Å². The minimum Gasteiger partial charge on any atom is -0.381 e. The van der Waals surface area contributed by atoms with Crippen LogP contribution in [-0.2, 0) is 6.54 Å². The molecule has 4 nitrogen and oxygen atoms in total. The van der Waals surface area contributed by atoms with Crippen LogP contribution in [0, 0.1) is 15.9 Å². The molecule has 0 atom stereocenters. The molecule has 1 N–H and O–H groups in total. The van der Waals surface area contributed by atoms with E-state index in [4.69, 9.17) is 11.6 Å². The zero-order valence-electron chi connectivity index (χ0n) is 9.77. The molecule has 0 unspecified atom stereocenters. The minimum atomic E-state index is -0.484. The van der Waals surface area contributed by atoms with Crippen LogP contribution in [0.25, 0.3) is 0 Å². The molecule has 0 aliphatic rings. The van der Waals surface area contributed by atoms with Crippen molar-refractivity contribution in [2.45, 2.75) is 6.54 Å². The molecule has 98 valence electrons. The van der Waals surface area contributed by atoms with Crippen molar-refractivity contribution in [1.82, 2.24) is 0 Å². The van der Waals surface area contributed by atoms with E-state index >= 15 is 0 Å². The highest BCUT2D eigenvalue weighted by Gasteiger charge is 2.06. The first kappa shape index (κ1) is 13.3. The van der Waals surface area contributed by atoms with Gasteiger partial charge in [0.15, 0.2) is 0 Å². The number of nitrogens with zero attached hydrogens (tertiary/aromatic N) is 1. The number of halogens is 2. The molecular formula is C13H10ClFN2O2. The van der Waals surface area contributed by atoms with E-state index in [0.717, 1.165) is 5.56 Å². The lowest BCUT2D eigenvalue weighted by Crippen LogP contribution is -2.00. The zero-order chi connectivity index (χ0) is 13.8. The van der Waals surface area contributed by atoms with Gasteiger partial charge < -0.3 is 5.32 Å². The molecule has 2 rings (SSSR count). The molecule has 0 aliphatic heterocycles. The van der Waals surface area contributed by atoms with E-state index in [1.54, 1.807) is 18.2 Å². The second kappa shape index (κ2) is 5.67. The van der Waals surface area contributed by atoms with Crippen LogP contribution in [0.1, 0.15) is 5.56 Å². The van der Waals surface area contributed by atoms with Gasteiger partial charge in [-0.3, -0.25) is 10.1 Å². The van der Waals surface area contributed by atoms with Gasteiger partial charge in [0.2, 0.25) is 0 Å². The normalized spacial score (nSPS) is 10.2. The predicted molar refractivity (Wildman–Crippen MR) is 71.8 cm³/mol. The molecule has 6 heteroatoms. The summed E-state index contributed by atoms with van der Waals surface area (Å²) in [6, 6.07) is 10.6. The summed E-state index contributed by atoms with van der Waals surface area (Å²) in [6.07, 6.45) is 0. The van der Waals surface area contributed by atoms with Crippen molar-refractivity contribution in [1.29, 1.82) is 0 Å². The van der Waals surface area contributed by atoms with Gasteiger partial charge in [-0.05, 0) is 23.8 Å². The van der Waals surface area contributed by atoms with Crippen LogP contribution in [0.3, 0.4) is 0 Å². The number of benzene rings is 2. The molecule has 0 aliphatic carbocycles. The lowest BCUT2D eigenvalue weighted by Gasteiger charge is -2.07. The highest BCUT2D eigenvalue weighted by molar-refractivity contribution is 6.31. The Morgan fingerprint density at radius 3 is 2.74 bits per heavy atom. The van der Waals surface area contributed by atoms with Crippen LogP contribution in [0.2, 0.25) is 5.02 Å². The average Bonchev–Trinajstić information content (AvgIpc) is 2.40. The van der Waals surface area contributed by atoms with Crippen LogP contribution in [0.5, 0.6) is 0 Å². The lowest BCUT2D eigenvalue weighted by molar-refractivity contribution is -0.384. The van der Waals surface area contributed by atoms with Crippen molar-refractivity contribution in [3.8, 4) is 0 Å². The summed E-state index contributed by atoms with van der Waals surface area (Å²) >= 11 is 5.66. The first-order valence-corrected chi connectivity index (χ1v) is 5.86. The van der Waals surface area contributed by atoms with Gasteiger partial charge in [0.1, 0.15) is 5.82 Å².